The van der Waals surface area contributed by atoms with Crippen LogP contribution >= 0.6 is 11.6 Å². The zero-order valence-electron chi connectivity index (χ0n) is 14.4. The number of pyridine rings is 2. The lowest BCUT2D eigenvalue weighted by atomic mass is 10.1. The molecule has 0 fully saturated rings. The number of halogens is 3. The number of carbonyl (C=O) groups excluding carboxylic acids is 1. The van der Waals surface area contributed by atoms with E-state index in [1.165, 1.54) is 24.5 Å². The number of nitrogens with zero attached hydrogens (tertiary/aromatic N) is 2. The molecule has 142 valence electrons. The molecular weight excluding hydrogens is 392 g/mol. The van der Waals surface area contributed by atoms with Gasteiger partial charge in [-0.05, 0) is 37.3 Å². The fraction of sp³-hybridized carbons (Fsp3) is 0.105. The predicted molar refractivity (Wildman–Crippen MR) is 97.8 cm³/mol. The van der Waals surface area contributed by atoms with Gasteiger partial charge in [0.2, 0.25) is 0 Å². The first-order valence-electron chi connectivity index (χ1n) is 8.10. The predicted octanol–water partition coefficient (Wildman–Crippen LogP) is 4.68. The lowest BCUT2D eigenvalue weighted by Gasteiger charge is -2.08. The molecule has 3 aromatic rings. The van der Waals surface area contributed by atoms with Gasteiger partial charge in [-0.15, -0.1) is 8.78 Å². The standard InChI is InChI=1S/C19H12ClF2N3O3/c1-10-2-3-12(9-23-10)18(26)25-17-5-4-11(8-24-17)13-6-15-16(7-14(13)20)28-19(21,22)27-15/h2-9H,1H3,(H,24,25,26). The summed E-state index contributed by atoms with van der Waals surface area (Å²) in [5.74, 6) is -0.287. The van der Waals surface area contributed by atoms with Crippen LogP contribution in [-0.4, -0.2) is 22.2 Å². The van der Waals surface area contributed by atoms with Crippen molar-refractivity contribution in [1.82, 2.24) is 9.97 Å². The van der Waals surface area contributed by atoms with Crippen LogP contribution in [0.25, 0.3) is 11.1 Å². The quantitative estimate of drug-likeness (QED) is 0.687. The molecule has 0 atom stereocenters. The fourth-order valence-corrected chi connectivity index (χ4v) is 2.87. The average molecular weight is 404 g/mol. The number of alkyl halides is 2. The van der Waals surface area contributed by atoms with Crippen LogP contribution in [0.3, 0.4) is 0 Å². The molecular formula is C19H12ClF2N3O3. The third-order valence-corrected chi connectivity index (χ3v) is 4.29. The lowest BCUT2D eigenvalue weighted by molar-refractivity contribution is -0.286. The molecule has 1 aliphatic heterocycles. The van der Waals surface area contributed by atoms with Crippen LogP contribution in [0.15, 0.2) is 48.8 Å². The Labute approximate surface area is 163 Å². The number of anilines is 1. The second-order valence-electron chi connectivity index (χ2n) is 6.02. The number of fused-ring (bicyclic) bond motifs is 1. The Balaban J connectivity index is 1.54. The number of nitrogens with one attached hydrogen (secondary N) is 1. The van der Waals surface area contributed by atoms with Gasteiger partial charge in [-0.2, -0.15) is 0 Å². The van der Waals surface area contributed by atoms with Gasteiger partial charge < -0.3 is 14.8 Å². The summed E-state index contributed by atoms with van der Waals surface area (Å²) in [6, 6.07) is 9.23. The van der Waals surface area contributed by atoms with Crippen LogP contribution in [0.5, 0.6) is 11.5 Å². The minimum absolute atomic E-state index is 0.117. The van der Waals surface area contributed by atoms with E-state index >= 15 is 0 Å². The molecule has 0 saturated carbocycles. The molecule has 0 bridgehead atoms. The number of hydrogen-bond donors (Lipinski definition) is 1. The van der Waals surface area contributed by atoms with Crippen molar-refractivity contribution in [3.63, 3.8) is 0 Å². The number of benzene rings is 1. The van der Waals surface area contributed by atoms with Crippen molar-refractivity contribution in [2.75, 3.05) is 5.32 Å². The first-order valence-corrected chi connectivity index (χ1v) is 8.48. The van der Waals surface area contributed by atoms with Crippen molar-refractivity contribution in [2.24, 2.45) is 0 Å². The van der Waals surface area contributed by atoms with E-state index < -0.39 is 6.29 Å². The normalized spacial score (nSPS) is 14.0. The second-order valence-corrected chi connectivity index (χ2v) is 6.43. The summed E-state index contributed by atoms with van der Waals surface area (Å²) in [5.41, 5.74) is 2.20. The Bertz CT molecular complexity index is 1060. The van der Waals surface area contributed by atoms with Crippen LogP contribution in [0.4, 0.5) is 14.6 Å². The number of aryl methyl sites for hydroxylation is 1. The number of carbonyl (C=O) groups is 1. The molecule has 3 heterocycles. The highest BCUT2D eigenvalue weighted by Crippen LogP contribution is 2.45. The maximum Gasteiger partial charge on any atom is 0.586 e. The smallest absolute Gasteiger partial charge is 0.395 e. The third-order valence-electron chi connectivity index (χ3n) is 3.98. The van der Waals surface area contributed by atoms with E-state index in [9.17, 15) is 13.6 Å². The van der Waals surface area contributed by atoms with E-state index in [2.05, 4.69) is 24.8 Å². The lowest BCUT2D eigenvalue weighted by Crippen LogP contribution is -2.25. The molecule has 1 aliphatic rings. The molecule has 2 aromatic heterocycles. The summed E-state index contributed by atoms with van der Waals surface area (Å²) < 4.78 is 35.2. The highest BCUT2D eigenvalue weighted by molar-refractivity contribution is 6.33. The zero-order valence-corrected chi connectivity index (χ0v) is 15.1. The van der Waals surface area contributed by atoms with Crippen LogP contribution in [0, 0.1) is 6.92 Å². The van der Waals surface area contributed by atoms with Crippen molar-refractivity contribution in [3.05, 3.63) is 65.1 Å². The molecule has 1 amide bonds. The molecule has 4 rings (SSSR count). The average Bonchev–Trinajstić information content (AvgIpc) is 2.95. The topological polar surface area (TPSA) is 73.3 Å². The maximum absolute atomic E-state index is 13.2. The van der Waals surface area contributed by atoms with Gasteiger partial charge in [0.15, 0.2) is 11.5 Å². The van der Waals surface area contributed by atoms with Crippen LogP contribution in [0.1, 0.15) is 16.1 Å². The molecule has 28 heavy (non-hydrogen) atoms. The number of rotatable bonds is 3. The molecule has 9 heteroatoms. The Morgan fingerprint density at radius 3 is 2.46 bits per heavy atom. The molecule has 0 saturated heterocycles. The summed E-state index contributed by atoms with van der Waals surface area (Å²) in [4.78, 5) is 20.5. The summed E-state index contributed by atoms with van der Waals surface area (Å²) in [6.45, 7) is 1.82. The molecule has 0 aliphatic carbocycles. The summed E-state index contributed by atoms with van der Waals surface area (Å²) in [7, 11) is 0. The van der Waals surface area contributed by atoms with Gasteiger partial charge in [0.1, 0.15) is 5.82 Å². The molecule has 0 spiro atoms. The van der Waals surface area contributed by atoms with Crippen molar-refractivity contribution in [1.29, 1.82) is 0 Å². The first-order chi connectivity index (χ1) is 13.3. The SMILES string of the molecule is Cc1ccc(C(=O)Nc2ccc(-c3cc4c(cc3Cl)OC(F)(F)O4)cn2)cn1. The van der Waals surface area contributed by atoms with Gasteiger partial charge in [0.25, 0.3) is 5.91 Å². The van der Waals surface area contributed by atoms with Gasteiger partial charge in [-0.3, -0.25) is 9.78 Å². The van der Waals surface area contributed by atoms with Gasteiger partial charge in [0.05, 0.1) is 10.6 Å². The molecule has 0 unspecified atom stereocenters. The molecule has 1 N–H and O–H groups in total. The minimum Gasteiger partial charge on any atom is -0.395 e. The Morgan fingerprint density at radius 2 is 1.82 bits per heavy atom. The van der Waals surface area contributed by atoms with Crippen molar-refractivity contribution < 1.29 is 23.0 Å². The van der Waals surface area contributed by atoms with E-state index in [0.717, 1.165) is 5.69 Å². The molecule has 6 nitrogen and oxygen atoms in total. The Kier molecular flexibility index (Phi) is 4.35. The largest absolute Gasteiger partial charge is 0.586 e. The minimum atomic E-state index is -3.72. The number of amides is 1. The number of aromatic nitrogens is 2. The van der Waals surface area contributed by atoms with E-state index in [0.29, 0.717) is 22.5 Å². The zero-order chi connectivity index (χ0) is 19.9. The first kappa shape index (κ1) is 18.1. The van der Waals surface area contributed by atoms with E-state index in [4.69, 9.17) is 11.6 Å². The van der Waals surface area contributed by atoms with Gasteiger partial charge in [0, 0.05) is 35.3 Å². The van der Waals surface area contributed by atoms with E-state index in [1.54, 1.807) is 24.3 Å². The maximum atomic E-state index is 13.2. The van der Waals surface area contributed by atoms with Gasteiger partial charge >= 0.3 is 6.29 Å². The molecule has 1 aromatic carbocycles. The Hall–Kier alpha value is -3.26. The summed E-state index contributed by atoms with van der Waals surface area (Å²) >= 11 is 6.17. The van der Waals surface area contributed by atoms with Gasteiger partial charge in [-0.25, -0.2) is 4.98 Å². The molecule has 0 radical (unpaired) electrons. The van der Waals surface area contributed by atoms with Crippen molar-refractivity contribution >= 4 is 23.3 Å². The van der Waals surface area contributed by atoms with Crippen molar-refractivity contribution in [3.8, 4) is 22.6 Å². The van der Waals surface area contributed by atoms with Crippen molar-refractivity contribution in [2.45, 2.75) is 13.2 Å². The highest BCUT2D eigenvalue weighted by Gasteiger charge is 2.43. The van der Waals surface area contributed by atoms with Gasteiger partial charge in [-0.1, -0.05) is 11.6 Å². The Morgan fingerprint density at radius 1 is 1.07 bits per heavy atom. The van der Waals surface area contributed by atoms with Crippen LogP contribution in [-0.2, 0) is 0 Å². The van der Waals surface area contributed by atoms with Crippen LogP contribution in [0.2, 0.25) is 5.02 Å². The summed E-state index contributed by atoms with van der Waals surface area (Å²) in [5, 5.41) is 2.85. The number of ether oxygens (including phenoxy) is 2. The van der Waals surface area contributed by atoms with Crippen LogP contribution < -0.4 is 14.8 Å². The van der Waals surface area contributed by atoms with E-state index in [-0.39, 0.29) is 22.4 Å². The van der Waals surface area contributed by atoms with E-state index in [1.807, 2.05) is 6.92 Å². The summed E-state index contributed by atoms with van der Waals surface area (Å²) in [6.07, 6.45) is -0.784. The third kappa shape index (κ3) is 3.59. The second kappa shape index (κ2) is 6.72. The monoisotopic (exact) mass is 403 g/mol. The number of hydrogen-bond acceptors (Lipinski definition) is 5. The highest BCUT2D eigenvalue weighted by atomic mass is 35.5. The fourth-order valence-electron chi connectivity index (χ4n) is 2.61.